The molecule has 2 aliphatic rings. The van der Waals surface area contributed by atoms with Crippen molar-refractivity contribution in [3.8, 4) is 0 Å². The minimum atomic E-state index is -0.131. The van der Waals surface area contributed by atoms with Gasteiger partial charge in [-0.1, -0.05) is 6.07 Å². The van der Waals surface area contributed by atoms with Crippen LogP contribution in [-0.4, -0.2) is 56.5 Å². The molecule has 5 rings (SSSR count). The number of aryl methyl sites for hydroxylation is 1. The molecule has 2 saturated heterocycles. The first kappa shape index (κ1) is 16.6. The lowest BCUT2D eigenvalue weighted by Crippen LogP contribution is -2.66. The van der Waals surface area contributed by atoms with Gasteiger partial charge in [-0.05, 0) is 25.5 Å². The molecule has 0 aromatic carbocycles. The minimum Gasteiger partial charge on any atom is -0.375 e. The standard InChI is InChI=1S/C19H22N6O2/c1-14-8-17(25-18(23-14)21-13-22-25)24-11-19(12-24)15(5-7-27-19)9-26-10-16-4-2-3-6-20-16/h2-4,6,8,13,15H,5,7,9-12H2,1H3/t15-/m0/s1. The normalized spacial score (nSPS) is 21.1. The molecule has 5 heterocycles. The first-order valence-electron chi connectivity index (χ1n) is 9.27. The molecule has 0 saturated carbocycles. The van der Waals surface area contributed by atoms with E-state index in [-0.39, 0.29) is 5.60 Å². The van der Waals surface area contributed by atoms with Gasteiger partial charge in [0.05, 0.1) is 32.0 Å². The summed E-state index contributed by atoms with van der Waals surface area (Å²) in [7, 11) is 0. The Labute approximate surface area is 157 Å². The number of hydrogen-bond donors (Lipinski definition) is 0. The van der Waals surface area contributed by atoms with Crippen molar-refractivity contribution in [3.63, 3.8) is 0 Å². The van der Waals surface area contributed by atoms with Crippen molar-refractivity contribution < 1.29 is 9.47 Å². The Morgan fingerprint density at radius 1 is 1.30 bits per heavy atom. The van der Waals surface area contributed by atoms with Gasteiger partial charge in [0.2, 0.25) is 0 Å². The molecule has 0 unspecified atom stereocenters. The Bertz CT molecular complexity index is 938. The van der Waals surface area contributed by atoms with Gasteiger partial charge in [0.1, 0.15) is 17.7 Å². The van der Waals surface area contributed by atoms with E-state index in [0.29, 0.717) is 24.9 Å². The zero-order chi connectivity index (χ0) is 18.3. The van der Waals surface area contributed by atoms with E-state index in [1.807, 2.05) is 25.1 Å². The SMILES string of the molecule is Cc1cc(N2CC3(C2)OCC[C@H]3COCc2ccccn2)n2ncnc2n1. The zero-order valence-electron chi connectivity index (χ0n) is 15.3. The van der Waals surface area contributed by atoms with Crippen LogP contribution in [0.3, 0.4) is 0 Å². The van der Waals surface area contributed by atoms with Gasteiger partial charge in [-0.2, -0.15) is 14.6 Å². The van der Waals surface area contributed by atoms with Crippen LogP contribution in [0.5, 0.6) is 0 Å². The van der Waals surface area contributed by atoms with Crippen LogP contribution in [0.2, 0.25) is 0 Å². The molecule has 1 spiro atoms. The Kier molecular flexibility index (Phi) is 4.02. The van der Waals surface area contributed by atoms with Gasteiger partial charge >= 0.3 is 0 Å². The maximum Gasteiger partial charge on any atom is 0.254 e. The first-order valence-corrected chi connectivity index (χ1v) is 9.27. The first-order chi connectivity index (χ1) is 13.2. The van der Waals surface area contributed by atoms with Gasteiger partial charge < -0.3 is 14.4 Å². The third-order valence-electron chi connectivity index (χ3n) is 5.50. The average Bonchev–Trinajstić information content (AvgIpc) is 3.27. The molecule has 0 amide bonds. The number of anilines is 1. The van der Waals surface area contributed by atoms with E-state index in [1.165, 1.54) is 0 Å². The molecular weight excluding hydrogens is 344 g/mol. The van der Waals surface area contributed by atoms with Gasteiger partial charge in [-0.15, -0.1) is 0 Å². The van der Waals surface area contributed by atoms with E-state index in [4.69, 9.17) is 9.47 Å². The molecule has 3 aromatic rings. The number of nitrogens with zero attached hydrogens (tertiary/aromatic N) is 6. The van der Waals surface area contributed by atoms with Gasteiger partial charge in [0, 0.05) is 30.5 Å². The molecule has 1 atom stereocenters. The van der Waals surface area contributed by atoms with Crippen LogP contribution in [0.15, 0.2) is 36.8 Å². The molecule has 0 radical (unpaired) electrons. The smallest absolute Gasteiger partial charge is 0.254 e. The highest BCUT2D eigenvalue weighted by Gasteiger charge is 2.53. The summed E-state index contributed by atoms with van der Waals surface area (Å²) < 4.78 is 13.9. The van der Waals surface area contributed by atoms with E-state index in [2.05, 4.69) is 31.0 Å². The third-order valence-corrected chi connectivity index (χ3v) is 5.50. The molecule has 3 aromatic heterocycles. The molecule has 140 valence electrons. The van der Waals surface area contributed by atoms with Crippen LogP contribution in [0.4, 0.5) is 5.82 Å². The molecule has 0 aliphatic carbocycles. The number of aromatic nitrogens is 5. The van der Waals surface area contributed by atoms with Crippen molar-refractivity contribution >= 4 is 11.6 Å². The number of rotatable bonds is 5. The van der Waals surface area contributed by atoms with Crippen LogP contribution in [0.25, 0.3) is 5.78 Å². The fourth-order valence-corrected chi connectivity index (χ4v) is 4.06. The predicted molar refractivity (Wildman–Crippen MR) is 98.4 cm³/mol. The molecule has 0 bridgehead atoms. The molecule has 8 nitrogen and oxygen atoms in total. The molecule has 27 heavy (non-hydrogen) atoms. The van der Waals surface area contributed by atoms with E-state index in [0.717, 1.165) is 43.3 Å². The van der Waals surface area contributed by atoms with E-state index >= 15 is 0 Å². The van der Waals surface area contributed by atoms with Crippen LogP contribution in [-0.2, 0) is 16.1 Å². The quantitative estimate of drug-likeness (QED) is 0.679. The Morgan fingerprint density at radius 3 is 3.07 bits per heavy atom. The highest BCUT2D eigenvalue weighted by Crippen LogP contribution is 2.42. The number of pyridine rings is 1. The number of hydrogen-bond acceptors (Lipinski definition) is 7. The van der Waals surface area contributed by atoms with Gasteiger partial charge in [0.25, 0.3) is 5.78 Å². The topological polar surface area (TPSA) is 77.7 Å². The average molecular weight is 366 g/mol. The highest BCUT2D eigenvalue weighted by atomic mass is 16.5. The van der Waals surface area contributed by atoms with Crippen molar-refractivity contribution in [2.45, 2.75) is 25.6 Å². The summed E-state index contributed by atoms with van der Waals surface area (Å²) in [5.41, 5.74) is 1.77. The summed E-state index contributed by atoms with van der Waals surface area (Å²) in [5.74, 6) is 2.05. The predicted octanol–water partition coefficient (Wildman–Crippen LogP) is 1.64. The molecule has 8 heteroatoms. The Hall–Kier alpha value is -2.58. The largest absolute Gasteiger partial charge is 0.375 e. The molecular formula is C19H22N6O2. The summed E-state index contributed by atoms with van der Waals surface area (Å²) in [4.78, 5) is 15.2. The van der Waals surface area contributed by atoms with E-state index < -0.39 is 0 Å². The van der Waals surface area contributed by atoms with Crippen molar-refractivity contribution in [2.24, 2.45) is 5.92 Å². The van der Waals surface area contributed by atoms with Gasteiger partial charge in [-0.3, -0.25) is 4.98 Å². The zero-order valence-corrected chi connectivity index (χ0v) is 15.3. The summed E-state index contributed by atoms with van der Waals surface area (Å²) in [5, 5.41) is 4.31. The van der Waals surface area contributed by atoms with Crippen LogP contribution >= 0.6 is 0 Å². The van der Waals surface area contributed by atoms with Crippen molar-refractivity contribution in [2.75, 3.05) is 31.2 Å². The summed E-state index contributed by atoms with van der Waals surface area (Å²) in [6, 6.07) is 7.94. The monoisotopic (exact) mass is 366 g/mol. The lowest BCUT2D eigenvalue weighted by Gasteiger charge is -2.51. The van der Waals surface area contributed by atoms with Crippen LogP contribution < -0.4 is 4.90 Å². The second-order valence-corrected chi connectivity index (χ2v) is 7.32. The molecule has 0 N–H and O–H groups in total. The second-order valence-electron chi connectivity index (χ2n) is 7.32. The Morgan fingerprint density at radius 2 is 2.22 bits per heavy atom. The lowest BCUT2D eigenvalue weighted by molar-refractivity contribution is -0.0658. The summed E-state index contributed by atoms with van der Waals surface area (Å²) >= 11 is 0. The lowest BCUT2D eigenvalue weighted by atomic mass is 9.81. The summed E-state index contributed by atoms with van der Waals surface area (Å²) in [6.45, 7) is 5.68. The fraction of sp³-hybridized carbons (Fsp3) is 0.474. The third kappa shape index (κ3) is 2.94. The van der Waals surface area contributed by atoms with Crippen molar-refractivity contribution in [1.29, 1.82) is 0 Å². The summed E-state index contributed by atoms with van der Waals surface area (Å²) in [6.07, 6.45) is 4.37. The number of ether oxygens (including phenoxy) is 2. The van der Waals surface area contributed by atoms with Gasteiger partial charge in [-0.25, -0.2) is 4.98 Å². The van der Waals surface area contributed by atoms with Gasteiger partial charge in [0.15, 0.2) is 0 Å². The number of fused-ring (bicyclic) bond motifs is 1. The van der Waals surface area contributed by atoms with Crippen molar-refractivity contribution in [1.82, 2.24) is 24.6 Å². The van der Waals surface area contributed by atoms with Crippen LogP contribution in [0, 0.1) is 12.8 Å². The highest BCUT2D eigenvalue weighted by molar-refractivity contribution is 5.51. The van der Waals surface area contributed by atoms with Crippen molar-refractivity contribution in [3.05, 3.63) is 48.2 Å². The van der Waals surface area contributed by atoms with E-state index in [9.17, 15) is 0 Å². The maximum absolute atomic E-state index is 6.17. The van der Waals surface area contributed by atoms with E-state index in [1.54, 1.807) is 17.0 Å². The molecule has 2 aliphatic heterocycles. The minimum absolute atomic E-state index is 0.131. The Balaban J connectivity index is 1.25. The van der Waals surface area contributed by atoms with Crippen LogP contribution in [0.1, 0.15) is 17.8 Å². The molecule has 2 fully saturated rings. The fourth-order valence-electron chi connectivity index (χ4n) is 4.06. The maximum atomic E-state index is 6.17. The second kappa shape index (κ2) is 6.54.